The summed E-state index contributed by atoms with van der Waals surface area (Å²) in [5.74, 6) is 0.268. The monoisotopic (exact) mass is 262 g/mol. The van der Waals surface area contributed by atoms with E-state index in [1.54, 1.807) is 0 Å². The Hall–Kier alpha value is -2.12. The van der Waals surface area contributed by atoms with E-state index in [2.05, 4.69) is 31.2 Å². The summed E-state index contributed by atoms with van der Waals surface area (Å²) in [7, 11) is 0. The molecular formula is C19H18O. The SMILES string of the molecule is CC1=CC(c2ccccc2C(O)c2ccccc2)C=C1. The highest BCUT2D eigenvalue weighted by Crippen LogP contribution is 2.33. The third kappa shape index (κ3) is 2.45. The number of hydrogen-bond donors (Lipinski definition) is 1. The van der Waals surface area contributed by atoms with E-state index in [1.807, 2.05) is 48.5 Å². The van der Waals surface area contributed by atoms with Gasteiger partial charge in [-0.15, -0.1) is 0 Å². The molecule has 0 saturated heterocycles. The summed E-state index contributed by atoms with van der Waals surface area (Å²) in [6, 6.07) is 18.0. The summed E-state index contributed by atoms with van der Waals surface area (Å²) < 4.78 is 0. The molecule has 0 radical (unpaired) electrons. The molecule has 0 aromatic heterocycles. The van der Waals surface area contributed by atoms with Gasteiger partial charge in [0.2, 0.25) is 0 Å². The van der Waals surface area contributed by atoms with E-state index in [9.17, 15) is 5.11 Å². The third-order valence-corrected chi connectivity index (χ3v) is 3.77. The van der Waals surface area contributed by atoms with Crippen LogP contribution in [-0.2, 0) is 0 Å². The van der Waals surface area contributed by atoms with Crippen molar-refractivity contribution in [2.24, 2.45) is 0 Å². The van der Waals surface area contributed by atoms with Crippen molar-refractivity contribution in [3.05, 3.63) is 95.1 Å². The second-order valence-corrected chi connectivity index (χ2v) is 5.24. The van der Waals surface area contributed by atoms with Crippen LogP contribution < -0.4 is 0 Å². The molecule has 2 aromatic rings. The highest BCUT2D eigenvalue weighted by Gasteiger charge is 2.19. The molecule has 0 fully saturated rings. The smallest absolute Gasteiger partial charge is 0.104 e. The van der Waals surface area contributed by atoms with Gasteiger partial charge in [-0.3, -0.25) is 0 Å². The predicted molar refractivity (Wildman–Crippen MR) is 82.6 cm³/mol. The van der Waals surface area contributed by atoms with Gasteiger partial charge in [0.25, 0.3) is 0 Å². The van der Waals surface area contributed by atoms with Gasteiger partial charge in [-0.2, -0.15) is 0 Å². The molecule has 1 aliphatic carbocycles. The Bertz CT molecular complexity index is 652. The van der Waals surface area contributed by atoms with Crippen molar-refractivity contribution in [3.8, 4) is 0 Å². The van der Waals surface area contributed by atoms with Crippen LogP contribution in [0.15, 0.2) is 78.4 Å². The number of allylic oxidation sites excluding steroid dienone is 4. The van der Waals surface area contributed by atoms with E-state index in [0.29, 0.717) is 0 Å². The number of rotatable bonds is 3. The second-order valence-electron chi connectivity index (χ2n) is 5.24. The molecule has 3 rings (SSSR count). The van der Waals surface area contributed by atoms with Crippen LogP contribution in [0.25, 0.3) is 0 Å². The summed E-state index contributed by atoms with van der Waals surface area (Å²) in [5, 5.41) is 10.7. The Labute approximate surface area is 119 Å². The standard InChI is InChI=1S/C19H18O/c1-14-11-12-16(13-14)17-9-5-6-10-18(17)19(20)15-7-3-2-4-8-15/h2-13,16,19-20H,1H3. The fourth-order valence-corrected chi connectivity index (χ4v) is 2.72. The minimum Gasteiger partial charge on any atom is -0.384 e. The quantitative estimate of drug-likeness (QED) is 0.871. The molecule has 1 heteroatoms. The Kier molecular flexibility index (Phi) is 3.53. The first-order valence-electron chi connectivity index (χ1n) is 6.94. The maximum atomic E-state index is 10.7. The Morgan fingerprint density at radius 1 is 0.950 bits per heavy atom. The topological polar surface area (TPSA) is 20.2 Å². The average Bonchev–Trinajstić information content (AvgIpc) is 2.94. The lowest BCUT2D eigenvalue weighted by atomic mass is 9.90. The Morgan fingerprint density at radius 3 is 2.35 bits per heavy atom. The van der Waals surface area contributed by atoms with Gasteiger partial charge in [-0.25, -0.2) is 0 Å². The third-order valence-electron chi connectivity index (χ3n) is 3.77. The van der Waals surface area contributed by atoms with Gasteiger partial charge in [0, 0.05) is 5.92 Å². The van der Waals surface area contributed by atoms with Crippen LogP contribution in [0.1, 0.15) is 35.6 Å². The van der Waals surface area contributed by atoms with Crippen molar-refractivity contribution in [1.82, 2.24) is 0 Å². The predicted octanol–water partition coefficient (Wildman–Crippen LogP) is 4.37. The van der Waals surface area contributed by atoms with Crippen LogP contribution in [0, 0.1) is 0 Å². The molecule has 0 heterocycles. The Balaban J connectivity index is 2.00. The van der Waals surface area contributed by atoms with Gasteiger partial charge in [0.05, 0.1) is 0 Å². The zero-order valence-corrected chi connectivity index (χ0v) is 11.5. The van der Waals surface area contributed by atoms with Gasteiger partial charge in [-0.1, -0.05) is 78.4 Å². The summed E-state index contributed by atoms with van der Waals surface area (Å²) >= 11 is 0. The van der Waals surface area contributed by atoms with E-state index in [0.717, 1.165) is 11.1 Å². The lowest BCUT2D eigenvalue weighted by Crippen LogP contribution is -2.05. The van der Waals surface area contributed by atoms with Gasteiger partial charge in [0.15, 0.2) is 0 Å². The molecule has 20 heavy (non-hydrogen) atoms. The van der Waals surface area contributed by atoms with E-state index in [1.165, 1.54) is 11.1 Å². The molecule has 1 nitrogen and oxygen atoms in total. The summed E-state index contributed by atoms with van der Waals surface area (Å²) in [4.78, 5) is 0. The van der Waals surface area contributed by atoms with E-state index >= 15 is 0 Å². The highest BCUT2D eigenvalue weighted by molar-refractivity contribution is 5.45. The number of benzene rings is 2. The molecule has 0 spiro atoms. The normalized spacial score (nSPS) is 18.9. The molecule has 2 aromatic carbocycles. The first-order chi connectivity index (χ1) is 9.75. The maximum absolute atomic E-state index is 10.7. The van der Waals surface area contributed by atoms with Crippen molar-refractivity contribution in [3.63, 3.8) is 0 Å². The minimum atomic E-state index is -0.574. The van der Waals surface area contributed by atoms with E-state index in [4.69, 9.17) is 0 Å². The molecule has 0 saturated carbocycles. The Morgan fingerprint density at radius 2 is 1.65 bits per heavy atom. The average molecular weight is 262 g/mol. The van der Waals surface area contributed by atoms with E-state index in [-0.39, 0.29) is 5.92 Å². The van der Waals surface area contributed by atoms with Gasteiger partial charge >= 0.3 is 0 Å². The summed E-state index contributed by atoms with van der Waals surface area (Å²) in [6.07, 6.45) is 5.98. The van der Waals surface area contributed by atoms with Crippen LogP contribution in [-0.4, -0.2) is 5.11 Å². The molecule has 2 unspecified atom stereocenters. The van der Waals surface area contributed by atoms with Crippen molar-refractivity contribution in [2.75, 3.05) is 0 Å². The molecule has 0 aliphatic heterocycles. The molecule has 0 bridgehead atoms. The van der Waals surface area contributed by atoms with Crippen LogP contribution in [0.3, 0.4) is 0 Å². The molecular weight excluding hydrogens is 244 g/mol. The van der Waals surface area contributed by atoms with Crippen molar-refractivity contribution < 1.29 is 5.11 Å². The summed E-state index contributed by atoms with van der Waals surface area (Å²) in [6.45, 7) is 2.10. The second kappa shape index (κ2) is 5.48. The number of aliphatic hydroxyl groups excluding tert-OH is 1. The molecule has 100 valence electrons. The zero-order chi connectivity index (χ0) is 13.9. The number of aliphatic hydroxyl groups is 1. The molecule has 1 N–H and O–H groups in total. The molecule has 0 amide bonds. The van der Waals surface area contributed by atoms with Gasteiger partial charge in [-0.05, 0) is 23.6 Å². The first-order valence-corrected chi connectivity index (χ1v) is 6.94. The fraction of sp³-hybridized carbons (Fsp3) is 0.158. The lowest BCUT2D eigenvalue weighted by molar-refractivity contribution is 0.219. The summed E-state index contributed by atoms with van der Waals surface area (Å²) in [5.41, 5.74) is 4.37. The lowest BCUT2D eigenvalue weighted by Gasteiger charge is -2.18. The molecule has 1 aliphatic rings. The fourth-order valence-electron chi connectivity index (χ4n) is 2.72. The first kappa shape index (κ1) is 12.9. The van der Waals surface area contributed by atoms with Gasteiger partial charge < -0.3 is 5.11 Å². The minimum absolute atomic E-state index is 0.268. The highest BCUT2D eigenvalue weighted by atomic mass is 16.3. The maximum Gasteiger partial charge on any atom is 0.104 e. The largest absolute Gasteiger partial charge is 0.384 e. The van der Waals surface area contributed by atoms with Gasteiger partial charge in [0.1, 0.15) is 6.10 Å². The van der Waals surface area contributed by atoms with Crippen molar-refractivity contribution >= 4 is 0 Å². The van der Waals surface area contributed by atoms with Crippen LogP contribution in [0.4, 0.5) is 0 Å². The molecule has 2 atom stereocenters. The van der Waals surface area contributed by atoms with E-state index < -0.39 is 6.10 Å². The number of hydrogen-bond acceptors (Lipinski definition) is 1. The van der Waals surface area contributed by atoms with Crippen LogP contribution in [0.5, 0.6) is 0 Å². The van der Waals surface area contributed by atoms with Crippen LogP contribution >= 0.6 is 0 Å². The van der Waals surface area contributed by atoms with Crippen molar-refractivity contribution in [2.45, 2.75) is 18.9 Å². The van der Waals surface area contributed by atoms with Crippen molar-refractivity contribution in [1.29, 1.82) is 0 Å². The zero-order valence-electron chi connectivity index (χ0n) is 11.5. The van der Waals surface area contributed by atoms with Crippen LogP contribution in [0.2, 0.25) is 0 Å².